The lowest BCUT2D eigenvalue weighted by molar-refractivity contribution is -0.187. The van der Waals surface area contributed by atoms with Gasteiger partial charge in [-0.15, -0.1) is 0 Å². The average Bonchev–Trinajstić information content (AvgIpc) is 2.55. The van der Waals surface area contributed by atoms with Crippen molar-refractivity contribution in [3.63, 3.8) is 0 Å². The van der Waals surface area contributed by atoms with Crippen LogP contribution in [0.5, 0.6) is 17.2 Å². The minimum atomic E-state index is -4.90. The molecular weight excluding hydrogens is 476 g/mol. The molecule has 2 aromatic carbocycles. The molecule has 0 saturated carbocycles. The van der Waals surface area contributed by atoms with Crippen molar-refractivity contribution in [3.8, 4) is 17.2 Å². The number of halogens is 6. The van der Waals surface area contributed by atoms with E-state index >= 15 is 0 Å². The Morgan fingerprint density at radius 3 is 2.48 bits per heavy atom. The summed E-state index contributed by atoms with van der Waals surface area (Å²) in [5.41, 5.74) is -0.833. The molecular formula is C17H8BrCl2F3O4. The highest BCUT2D eigenvalue weighted by molar-refractivity contribution is 9.10. The van der Waals surface area contributed by atoms with Crippen molar-refractivity contribution < 1.29 is 32.5 Å². The minimum Gasteiger partial charge on any atom is -0.478 e. The Morgan fingerprint density at radius 2 is 1.89 bits per heavy atom. The SMILES string of the molecule is O=C(O)C1=Cc2cc(Cl)c(Oc3ccc(Cl)cc3Br)cc2OC1C(F)(F)F. The van der Waals surface area contributed by atoms with Gasteiger partial charge in [-0.2, -0.15) is 13.2 Å². The average molecular weight is 484 g/mol. The van der Waals surface area contributed by atoms with Crippen LogP contribution in [0.15, 0.2) is 40.4 Å². The van der Waals surface area contributed by atoms with Crippen LogP contribution >= 0.6 is 39.1 Å². The summed E-state index contributed by atoms with van der Waals surface area (Å²) >= 11 is 15.2. The number of ether oxygens (including phenoxy) is 2. The van der Waals surface area contributed by atoms with Gasteiger partial charge in [0.05, 0.1) is 15.1 Å². The number of carbonyl (C=O) groups is 1. The van der Waals surface area contributed by atoms with Gasteiger partial charge in [0.2, 0.25) is 6.10 Å². The van der Waals surface area contributed by atoms with Crippen LogP contribution < -0.4 is 9.47 Å². The van der Waals surface area contributed by atoms with Gasteiger partial charge in [0.1, 0.15) is 17.2 Å². The molecule has 27 heavy (non-hydrogen) atoms. The second kappa shape index (κ2) is 7.26. The van der Waals surface area contributed by atoms with E-state index in [1.807, 2.05) is 0 Å². The van der Waals surface area contributed by atoms with Crippen LogP contribution in [0.2, 0.25) is 10.0 Å². The predicted molar refractivity (Wildman–Crippen MR) is 96.8 cm³/mol. The van der Waals surface area contributed by atoms with Gasteiger partial charge >= 0.3 is 12.1 Å². The Bertz CT molecular complexity index is 960. The molecule has 0 spiro atoms. The Hall–Kier alpha value is -1.90. The summed E-state index contributed by atoms with van der Waals surface area (Å²) in [6, 6.07) is 7.12. The maximum absolute atomic E-state index is 13.2. The number of carboxylic acids is 1. The van der Waals surface area contributed by atoms with Crippen molar-refractivity contribution in [2.24, 2.45) is 0 Å². The smallest absolute Gasteiger partial charge is 0.430 e. The largest absolute Gasteiger partial charge is 0.478 e. The van der Waals surface area contributed by atoms with Gasteiger partial charge < -0.3 is 14.6 Å². The lowest BCUT2D eigenvalue weighted by Gasteiger charge is -2.27. The molecule has 142 valence electrons. The van der Waals surface area contributed by atoms with Crippen LogP contribution in [-0.4, -0.2) is 23.4 Å². The van der Waals surface area contributed by atoms with Crippen LogP contribution in [0.4, 0.5) is 13.2 Å². The van der Waals surface area contributed by atoms with Gasteiger partial charge in [0.15, 0.2) is 0 Å². The van der Waals surface area contributed by atoms with Crippen molar-refractivity contribution in [1.29, 1.82) is 0 Å². The van der Waals surface area contributed by atoms with Crippen molar-refractivity contribution in [1.82, 2.24) is 0 Å². The molecule has 0 amide bonds. The molecule has 1 aliphatic heterocycles. The number of hydrogen-bond donors (Lipinski definition) is 1. The van der Waals surface area contributed by atoms with E-state index in [9.17, 15) is 18.0 Å². The van der Waals surface area contributed by atoms with E-state index in [2.05, 4.69) is 15.9 Å². The monoisotopic (exact) mass is 482 g/mol. The number of benzene rings is 2. The van der Waals surface area contributed by atoms with E-state index in [-0.39, 0.29) is 22.1 Å². The number of alkyl halides is 3. The normalized spacial score (nSPS) is 16.2. The zero-order chi connectivity index (χ0) is 19.9. The molecule has 1 heterocycles. The van der Waals surface area contributed by atoms with Crippen molar-refractivity contribution in [2.75, 3.05) is 0 Å². The van der Waals surface area contributed by atoms with Crippen LogP contribution in [0.3, 0.4) is 0 Å². The highest BCUT2D eigenvalue weighted by atomic mass is 79.9. The molecule has 1 aliphatic rings. The molecule has 0 fully saturated rings. The Labute approximate surface area is 169 Å². The van der Waals surface area contributed by atoms with Crippen molar-refractivity contribution >= 4 is 51.2 Å². The maximum Gasteiger partial charge on any atom is 0.430 e. The molecule has 0 bridgehead atoms. The van der Waals surface area contributed by atoms with Gasteiger partial charge in [-0.3, -0.25) is 0 Å². The Balaban J connectivity index is 2.02. The third-order valence-corrected chi connectivity index (χ3v) is 4.71. The highest BCUT2D eigenvalue weighted by Crippen LogP contribution is 2.43. The van der Waals surface area contributed by atoms with Crippen LogP contribution in [0, 0.1) is 0 Å². The van der Waals surface area contributed by atoms with Gasteiger partial charge in [0.25, 0.3) is 0 Å². The van der Waals surface area contributed by atoms with Gasteiger partial charge in [-0.05, 0) is 46.3 Å². The van der Waals surface area contributed by atoms with E-state index in [1.165, 1.54) is 12.1 Å². The lowest BCUT2D eigenvalue weighted by atomic mass is 10.0. The molecule has 0 radical (unpaired) electrons. The highest BCUT2D eigenvalue weighted by Gasteiger charge is 2.48. The van der Waals surface area contributed by atoms with Gasteiger partial charge in [-0.25, -0.2) is 4.79 Å². The zero-order valence-electron chi connectivity index (χ0n) is 13.0. The number of fused-ring (bicyclic) bond motifs is 1. The molecule has 3 rings (SSSR count). The standard InChI is InChI=1S/C17H8BrCl2F3O4/c18-10-5-8(19)1-2-12(10)26-14-6-13-7(4-11(14)20)3-9(16(24)25)15(27-13)17(21,22)23/h1-6,15H,(H,24,25). The molecule has 2 aromatic rings. The molecule has 10 heteroatoms. The topological polar surface area (TPSA) is 55.8 Å². The minimum absolute atomic E-state index is 0.0338. The van der Waals surface area contributed by atoms with Gasteiger partial charge in [-0.1, -0.05) is 23.2 Å². The summed E-state index contributed by atoms with van der Waals surface area (Å²) in [4.78, 5) is 11.2. The number of carboxylic acid groups (broad SMARTS) is 1. The third kappa shape index (κ3) is 4.17. The zero-order valence-corrected chi connectivity index (χ0v) is 16.1. The molecule has 1 unspecified atom stereocenters. The maximum atomic E-state index is 13.2. The van der Waals surface area contributed by atoms with E-state index in [1.54, 1.807) is 18.2 Å². The summed E-state index contributed by atoms with van der Waals surface area (Å²) in [5.74, 6) is -1.57. The van der Waals surface area contributed by atoms with Crippen LogP contribution in [0.1, 0.15) is 5.56 Å². The van der Waals surface area contributed by atoms with Crippen LogP contribution in [-0.2, 0) is 4.79 Å². The number of rotatable bonds is 3. The van der Waals surface area contributed by atoms with Crippen molar-refractivity contribution in [3.05, 3.63) is 56.0 Å². The molecule has 4 nitrogen and oxygen atoms in total. The lowest BCUT2D eigenvalue weighted by Crippen LogP contribution is -2.40. The number of hydrogen-bond acceptors (Lipinski definition) is 3. The fourth-order valence-electron chi connectivity index (χ4n) is 2.37. The summed E-state index contributed by atoms with van der Waals surface area (Å²) in [7, 11) is 0. The van der Waals surface area contributed by atoms with Crippen molar-refractivity contribution in [2.45, 2.75) is 12.3 Å². The molecule has 1 atom stereocenters. The Kier molecular flexibility index (Phi) is 5.33. The fraction of sp³-hybridized carbons (Fsp3) is 0.118. The van der Waals surface area contributed by atoms with Crippen LogP contribution in [0.25, 0.3) is 6.08 Å². The predicted octanol–water partition coefficient (Wildman–Crippen LogP) is 6.34. The summed E-state index contributed by atoms with van der Waals surface area (Å²) in [6.45, 7) is 0. The second-order valence-electron chi connectivity index (χ2n) is 5.44. The summed E-state index contributed by atoms with van der Waals surface area (Å²) in [6.07, 6.45) is -6.62. The Morgan fingerprint density at radius 1 is 1.19 bits per heavy atom. The third-order valence-electron chi connectivity index (χ3n) is 3.56. The first-order valence-electron chi connectivity index (χ1n) is 7.21. The fourth-order valence-corrected chi connectivity index (χ4v) is 3.34. The second-order valence-corrected chi connectivity index (χ2v) is 7.14. The first-order valence-corrected chi connectivity index (χ1v) is 8.76. The summed E-state index contributed by atoms with van der Waals surface area (Å²) < 4.78 is 50.5. The van der Waals surface area contributed by atoms with E-state index < -0.39 is 23.8 Å². The van der Waals surface area contributed by atoms with E-state index in [0.717, 1.165) is 6.08 Å². The van der Waals surface area contributed by atoms with E-state index in [4.69, 9.17) is 37.8 Å². The first kappa shape index (κ1) is 19.9. The molecule has 1 N–H and O–H groups in total. The van der Waals surface area contributed by atoms with E-state index in [0.29, 0.717) is 15.2 Å². The van der Waals surface area contributed by atoms with Gasteiger partial charge in [0, 0.05) is 16.7 Å². The quantitative estimate of drug-likeness (QED) is 0.553. The molecule has 0 saturated heterocycles. The first-order chi connectivity index (χ1) is 12.6. The number of aliphatic carboxylic acids is 1. The molecule has 0 aromatic heterocycles. The molecule has 0 aliphatic carbocycles. The summed E-state index contributed by atoms with van der Waals surface area (Å²) in [5, 5.41) is 9.56.